The van der Waals surface area contributed by atoms with E-state index >= 15 is 0 Å². The average Bonchev–Trinajstić information content (AvgIpc) is 3.20. The number of halogens is 1. The van der Waals surface area contributed by atoms with Crippen LogP contribution in [-0.4, -0.2) is 20.5 Å². The summed E-state index contributed by atoms with van der Waals surface area (Å²) in [7, 11) is 0. The molecule has 0 aliphatic heterocycles. The van der Waals surface area contributed by atoms with Gasteiger partial charge >= 0.3 is 0 Å². The average molecular weight is 448 g/mol. The Labute approximate surface area is 191 Å². The number of aryl methyl sites for hydroxylation is 1. The van der Waals surface area contributed by atoms with Crippen molar-refractivity contribution in [2.24, 2.45) is 0 Å². The van der Waals surface area contributed by atoms with Crippen molar-refractivity contribution in [3.8, 4) is 11.4 Å². The van der Waals surface area contributed by atoms with E-state index in [4.69, 9.17) is 16.3 Å². The zero-order valence-corrected chi connectivity index (χ0v) is 18.7. The lowest BCUT2D eigenvalue weighted by Crippen LogP contribution is -2.06. The number of benzene rings is 3. The standard InChI is InChI=1S/C25H22ClN3OS/c1-19-9-15-23(16-10-19)30-18-24-27-28-25(29(24)22-13-11-21(26)12-14-22)31-17-5-8-20-6-3-2-4-7-20/h2-16H,17-18H2,1H3. The van der Waals surface area contributed by atoms with Crippen LogP contribution in [0.25, 0.3) is 11.8 Å². The van der Waals surface area contributed by atoms with Gasteiger partial charge in [0.1, 0.15) is 12.4 Å². The molecule has 0 bridgehead atoms. The van der Waals surface area contributed by atoms with Crippen LogP contribution in [-0.2, 0) is 6.61 Å². The molecule has 0 atom stereocenters. The van der Waals surface area contributed by atoms with Crippen LogP contribution in [0, 0.1) is 6.92 Å². The third kappa shape index (κ3) is 5.78. The van der Waals surface area contributed by atoms with E-state index in [1.165, 1.54) is 11.1 Å². The molecular formula is C25H22ClN3OS. The topological polar surface area (TPSA) is 39.9 Å². The van der Waals surface area contributed by atoms with Gasteiger partial charge < -0.3 is 4.74 Å². The van der Waals surface area contributed by atoms with Crippen LogP contribution in [0.3, 0.4) is 0 Å². The maximum atomic E-state index is 6.09. The zero-order valence-electron chi connectivity index (χ0n) is 17.1. The second kappa shape index (κ2) is 10.3. The first-order valence-electron chi connectivity index (χ1n) is 9.93. The molecule has 1 heterocycles. The lowest BCUT2D eigenvalue weighted by molar-refractivity contribution is 0.293. The van der Waals surface area contributed by atoms with Gasteiger partial charge in [-0.2, -0.15) is 0 Å². The SMILES string of the molecule is Cc1ccc(OCc2nnc(SCC=Cc3ccccc3)n2-c2ccc(Cl)cc2)cc1. The molecule has 3 aromatic carbocycles. The van der Waals surface area contributed by atoms with Crippen molar-refractivity contribution in [2.75, 3.05) is 5.75 Å². The molecule has 1 aromatic heterocycles. The Bertz CT molecular complexity index is 1140. The molecule has 0 saturated heterocycles. The number of rotatable bonds is 8. The molecule has 31 heavy (non-hydrogen) atoms. The normalized spacial score (nSPS) is 11.2. The van der Waals surface area contributed by atoms with Gasteiger partial charge in [-0.05, 0) is 48.9 Å². The van der Waals surface area contributed by atoms with Gasteiger partial charge in [-0.3, -0.25) is 4.57 Å². The monoisotopic (exact) mass is 447 g/mol. The number of nitrogens with zero attached hydrogens (tertiary/aromatic N) is 3. The molecule has 6 heteroatoms. The second-order valence-corrected chi connectivity index (χ2v) is 8.36. The molecular weight excluding hydrogens is 426 g/mol. The van der Waals surface area contributed by atoms with Crippen LogP contribution < -0.4 is 4.74 Å². The number of hydrogen-bond acceptors (Lipinski definition) is 4. The van der Waals surface area contributed by atoms with Crippen LogP contribution in [0.15, 0.2) is 90.1 Å². The summed E-state index contributed by atoms with van der Waals surface area (Å²) in [6.07, 6.45) is 4.24. The van der Waals surface area contributed by atoms with Crippen LogP contribution in [0.4, 0.5) is 0 Å². The van der Waals surface area contributed by atoms with Gasteiger partial charge in [0.2, 0.25) is 0 Å². The van der Waals surface area contributed by atoms with Gasteiger partial charge in [-0.15, -0.1) is 10.2 Å². The summed E-state index contributed by atoms with van der Waals surface area (Å²) < 4.78 is 7.98. The Morgan fingerprint density at radius 2 is 1.68 bits per heavy atom. The number of ether oxygens (including phenoxy) is 1. The minimum Gasteiger partial charge on any atom is -0.486 e. The number of thioether (sulfide) groups is 1. The predicted octanol–water partition coefficient (Wildman–Crippen LogP) is 6.61. The number of aromatic nitrogens is 3. The Morgan fingerprint density at radius 3 is 2.42 bits per heavy atom. The highest BCUT2D eigenvalue weighted by Gasteiger charge is 2.15. The summed E-state index contributed by atoms with van der Waals surface area (Å²) >= 11 is 7.71. The molecule has 0 saturated carbocycles. The minimum atomic E-state index is 0.319. The van der Waals surface area contributed by atoms with Gasteiger partial charge in [-0.1, -0.05) is 83.5 Å². The summed E-state index contributed by atoms with van der Waals surface area (Å²) in [4.78, 5) is 0. The van der Waals surface area contributed by atoms with Crippen LogP contribution in [0.2, 0.25) is 5.02 Å². The van der Waals surface area contributed by atoms with E-state index in [-0.39, 0.29) is 0 Å². The Kier molecular flexibility index (Phi) is 7.07. The van der Waals surface area contributed by atoms with Crippen molar-refractivity contribution in [1.29, 1.82) is 0 Å². The lowest BCUT2D eigenvalue weighted by Gasteiger charge is -2.11. The molecule has 156 valence electrons. The van der Waals surface area contributed by atoms with E-state index < -0.39 is 0 Å². The van der Waals surface area contributed by atoms with Gasteiger partial charge in [0.15, 0.2) is 11.0 Å². The van der Waals surface area contributed by atoms with Gasteiger partial charge in [0.25, 0.3) is 0 Å². The Morgan fingerprint density at radius 1 is 0.935 bits per heavy atom. The van der Waals surface area contributed by atoms with E-state index in [1.54, 1.807) is 11.8 Å². The van der Waals surface area contributed by atoms with E-state index in [0.717, 1.165) is 28.2 Å². The minimum absolute atomic E-state index is 0.319. The molecule has 4 aromatic rings. The van der Waals surface area contributed by atoms with Gasteiger partial charge in [0, 0.05) is 16.5 Å². The lowest BCUT2D eigenvalue weighted by atomic mass is 10.2. The fraction of sp³-hybridized carbons (Fsp3) is 0.120. The molecule has 0 aliphatic rings. The third-order valence-corrected chi connectivity index (χ3v) is 5.73. The summed E-state index contributed by atoms with van der Waals surface area (Å²) in [5.74, 6) is 2.31. The van der Waals surface area contributed by atoms with Crippen molar-refractivity contribution in [1.82, 2.24) is 14.8 Å². The maximum Gasteiger partial charge on any atom is 0.196 e. The third-order valence-electron chi connectivity index (χ3n) is 4.59. The Hall–Kier alpha value is -3.02. The van der Waals surface area contributed by atoms with E-state index in [9.17, 15) is 0 Å². The highest BCUT2D eigenvalue weighted by Crippen LogP contribution is 2.24. The van der Waals surface area contributed by atoms with E-state index in [2.05, 4.69) is 41.4 Å². The van der Waals surface area contributed by atoms with Crippen LogP contribution in [0.5, 0.6) is 5.75 Å². The fourth-order valence-electron chi connectivity index (χ4n) is 2.99. The van der Waals surface area contributed by atoms with Crippen molar-refractivity contribution in [2.45, 2.75) is 18.7 Å². The highest BCUT2D eigenvalue weighted by molar-refractivity contribution is 7.99. The highest BCUT2D eigenvalue weighted by atomic mass is 35.5. The molecule has 4 rings (SSSR count). The summed E-state index contributed by atoms with van der Waals surface area (Å²) in [5.41, 5.74) is 3.32. The molecule has 0 amide bonds. The molecule has 0 unspecified atom stereocenters. The fourth-order valence-corrected chi connectivity index (χ4v) is 3.90. The van der Waals surface area contributed by atoms with Crippen molar-refractivity contribution in [3.05, 3.63) is 107 Å². The molecule has 0 spiro atoms. The quantitative estimate of drug-likeness (QED) is 0.285. The van der Waals surface area contributed by atoms with Gasteiger partial charge in [-0.25, -0.2) is 0 Å². The molecule has 4 nitrogen and oxygen atoms in total. The molecule has 0 fully saturated rings. The predicted molar refractivity (Wildman–Crippen MR) is 128 cm³/mol. The maximum absolute atomic E-state index is 6.09. The summed E-state index contributed by atoms with van der Waals surface area (Å²) in [6.45, 7) is 2.37. The number of hydrogen-bond donors (Lipinski definition) is 0. The first-order chi connectivity index (χ1) is 15.2. The molecule has 0 radical (unpaired) electrons. The summed E-state index contributed by atoms with van der Waals surface area (Å²) in [6, 6.07) is 25.9. The summed E-state index contributed by atoms with van der Waals surface area (Å²) in [5, 5.41) is 10.3. The second-order valence-electron chi connectivity index (χ2n) is 6.94. The zero-order chi connectivity index (χ0) is 21.5. The van der Waals surface area contributed by atoms with Crippen molar-refractivity contribution in [3.63, 3.8) is 0 Å². The van der Waals surface area contributed by atoms with E-state index in [0.29, 0.717) is 11.6 Å². The van der Waals surface area contributed by atoms with E-state index in [1.807, 2.05) is 71.3 Å². The molecule has 0 aliphatic carbocycles. The van der Waals surface area contributed by atoms with Crippen LogP contribution in [0.1, 0.15) is 17.0 Å². The van der Waals surface area contributed by atoms with Crippen LogP contribution >= 0.6 is 23.4 Å². The Balaban J connectivity index is 1.52. The van der Waals surface area contributed by atoms with Crippen molar-refractivity contribution >= 4 is 29.4 Å². The first-order valence-corrected chi connectivity index (χ1v) is 11.3. The van der Waals surface area contributed by atoms with Gasteiger partial charge in [0.05, 0.1) is 0 Å². The van der Waals surface area contributed by atoms with Crippen molar-refractivity contribution < 1.29 is 4.74 Å². The first kappa shape index (κ1) is 21.2. The largest absolute Gasteiger partial charge is 0.486 e. The smallest absolute Gasteiger partial charge is 0.196 e. The molecule has 0 N–H and O–H groups in total.